The van der Waals surface area contributed by atoms with Crippen molar-refractivity contribution in [3.05, 3.63) is 48.0 Å². The monoisotopic (exact) mass is 533 g/mol. The van der Waals surface area contributed by atoms with Crippen molar-refractivity contribution in [2.75, 3.05) is 13.2 Å². The molecule has 2 aromatic rings. The zero-order valence-electron chi connectivity index (χ0n) is 20.8. The fourth-order valence-corrected chi connectivity index (χ4v) is 3.55. The average Bonchev–Trinajstić information content (AvgIpc) is 3.40. The first-order chi connectivity index (χ1) is 18.1. The van der Waals surface area contributed by atoms with Crippen LogP contribution in [0.3, 0.4) is 0 Å². The first-order valence-electron chi connectivity index (χ1n) is 12.1. The second-order valence-electron chi connectivity index (χ2n) is 8.75. The van der Waals surface area contributed by atoms with Crippen LogP contribution in [-0.2, 0) is 32.0 Å². The number of aliphatic carboxylic acids is 1. The van der Waals surface area contributed by atoms with E-state index in [0.29, 0.717) is 37.1 Å². The van der Waals surface area contributed by atoms with E-state index in [-0.39, 0.29) is 18.6 Å². The molecule has 0 aliphatic rings. The number of unbranched alkanes of at least 4 members (excludes halogenated alkanes) is 1. The van der Waals surface area contributed by atoms with Gasteiger partial charge in [0.05, 0.1) is 19.0 Å². The highest BCUT2D eigenvalue weighted by Gasteiger charge is 2.30. The number of nitrogens with two attached hydrogens (primary N) is 2. The Labute approximate surface area is 219 Å². The van der Waals surface area contributed by atoms with Crippen molar-refractivity contribution in [3.63, 3.8) is 0 Å². The van der Waals surface area contributed by atoms with Gasteiger partial charge >= 0.3 is 5.97 Å². The first kappa shape index (κ1) is 30.2. The third-order valence-electron chi connectivity index (χ3n) is 5.72. The summed E-state index contributed by atoms with van der Waals surface area (Å²) >= 11 is 0. The number of H-pyrrole nitrogens is 1. The van der Waals surface area contributed by atoms with Gasteiger partial charge in [-0.25, -0.2) is 9.78 Å². The Balaban J connectivity index is 2.11. The summed E-state index contributed by atoms with van der Waals surface area (Å²) < 4.78 is 0. The van der Waals surface area contributed by atoms with Gasteiger partial charge in [-0.15, -0.1) is 0 Å². The number of phenolic OH excluding ortho intramolecular Hbond substituents is 1. The molecule has 0 saturated heterocycles. The van der Waals surface area contributed by atoms with Crippen LogP contribution in [0.5, 0.6) is 5.75 Å². The lowest BCUT2D eigenvalue weighted by Gasteiger charge is -2.24. The number of amides is 3. The largest absolute Gasteiger partial charge is 0.508 e. The first-order valence-corrected chi connectivity index (χ1v) is 12.1. The highest BCUT2D eigenvalue weighted by atomic mass is 16.4. The number of carbonyl (C=O) groups is 4. The minimum atomic E-state index is -1.40. The SMILES string of the molecule is NCCCCC(N)C(=O)NC(CO)C(=O)NC(Cc1cnc[nH]1)C(=O)NC(Cc1ccc(O)cc1)C(=O)O. The van der Waals surface area contributed by atoms with E-state index >= 15 is 0 Å². The van der Waals surface area contributed by atoms with Crippen LogP contribution in [0.1, 0.15) is 30.5 Å². The van der Waals surface area contributed by atoms with Gasteiger partial charge in [-0.05, 0) is 37.1 Å². The second kappa shape index (κ2) is 15.3. The summed E-state index contributed by atoms with van der Waals surface area (Å²) in [6.07, 6.45) is 4.29. The molecule has 1 aromatic carbocycles. The van der Waals surface area contributed by atoms with E-state index < -0.39 is 54.5 Å². The van der Waals surface area contributed by atoms with E-state index in [1.165, 1.54) is 36.8 Å². The van der Waals surface area contributed by atoms with Gasteiger partial charge in [0.1, 0.15) is 23.9 Å². The summed E-state index contributed by atoms with van der Waals surface area (Å²) in [5, 5.41) is 36.0. The molecule has 0 spiro atoms. The minimum Gasteiger partial charge on any atom is -0.508 e. The number of hydrogen-bond acceptors (Lipinski definition) is 9. The normalized spacial score (nSPS) is 14.1. The molecule has 208 valence electrons. The number of aromatic hydroxyl groups is 1. The van der Waals surface area contributed by atoms with Crippen LogP contribution >= 0.6 is 0 Å². The molecule has 0 fully saturated rings. The summed E-state index contributed by atoms with van der Waals surface area (Å²) in [6.45, 7) is -0.308. The number of phenols is 1. The Morgan fingerprint density at radius 3 is 2.13 bits per heavy atom. The number of imidazole rings is 1. The van der Waals surface area contributed by atoms with E-state index in [1.807, 2.05) is 0 Å². The Morgan fingerprint density at radius 2 is 1.55 bits per heavy atom. The second-order valence-corrected chi connectivity index (χ2v) is 8.75. The van der Waals surface area contributed by atoms with Gasteiger partial charge < -0.3 is 47.7 Å². The number of hydrogen-bond donors (Lipinski definition) is 9. The minimum absolute atomic E-state index is 0.00837. The van der Waals surface area contributed by atoms with Crippen molar-refractivity contribution < 1.29 is 34.5 Å². The maximum Gasteiger partial charge on any atom is 0.326 e. The summed E-state index contributed by atoms with van der Waals surface area (Å²) in [5.41, 5.74) is 12.3. The smallest absolute Gasteiger partial charge is 0.326 e. The lowest BCUT2D eigenvalue weighted by atomic mass is 10.0. The lowest BCUT2D eigenvalue weighted by Crippen LogP contribution is -2.58. The third kappa shape index (κ3) is 9.80. The van der Waals surface area contributed by atoms with Crippen molar-refractivity contribution >= 4 is 23.7 Å². The standard InChI is InChI=1S/C24H35N7O7/c25-8-2-1-3-17(26)21(34)31-20(12-32)23(36)29-18(10-15-11-27-13-28-15)22(35)30-19(24(37)38)9-14-4-6-16(33)7-5-14/h4-7,11,13,17-20,32-33H,1-3,8-10,12,25-26H2,(H,27,28)(H,29,36)(H,30,35)(H,31,34)(H,37,38). The molecule has 1 heterocycles. The molecular formula is C24H35N7O7. The molecule has 14 nitrogen and oxygen atoms in total. The van der Waals surface area contributed by atoms with Gasteiger partial charge in [0.2, 0.25) is 17.7 Å². The molecule has 11 N–H and O–H groups in total. The molecule has 3 amide bonds. The Morgan fingerprint density at radius 1 is 0.921 bits per heavy atom. The summed E-state index contributed by atoms with van der Waals surface area (Å²) in [4.78, 5) is 56.9. The van der Waals surface area contributed by atoms with Crippen LogP contribution in [0.15, 0.2) is 36.8 Å². The van der Waals surface area contributed by atoms with E-state index in [2.05, 4.69) is 25.9 Å². The number of rotatable bonds is 16. The number of aromatic nitrogens is 2. The van der Waals surface area contributed by atoms with Crippen molar-refractivity contribution in [1.82, 2.24) is 25.9 Å². The number of carboxylic acid groups (broad SMARTS) is 1. The van der Waals surface area contributed by atoms with Crippen LogP contribution in [-0.4, -0.2) is 86.3 Å². The van der Waals surface area contributed by atoms with E-state index in [0.717, 1.165) is 0 Å². The maximum atomic E-state index is 13.1. The van der Waals surface area contributed by atoms with Crippen LogP contribution in [0, 0.1) is 0 Å². The van der Waals surface area contributed by atoms with Gasteiger partial charge in [0.25, 0.3) is 0 Å². The molecule has 38 heavy (non-hydrogen) atoms. The van der Waals surface area contributed by atoms with Gasteiger partial charge in [0, 0.05) is 24.7 Å². The quantitative estimate of drug-likeness (QED) is 0.106. The van der Waals surface area contributed by atoms with E-state index in [9.17, 15) is 34.5 Å². The number of aromatic amines is 1. The molecule has 0 aliphatic heterocycles. The van der Waals surface area contributed by atoms with Gasteiger partial charge in [0.15, 0.2) is 0 Å². The third-order valence-corrected chi connectivity index (χ3v) is 5.72. The highest BCUT2D eigenvalue weighted by Crippen LogP contribution is 2.12. The van der Waals surface area contributed by atoms with Crippen LogP contribution in [0.25, 0.3) is 0 Å². The van der Waals surface area contributed by atoms with Crippen LogP contribution in [0.4, 0.5) is 0 Å². The number of aliphatic hydroxyl groups is 1. The molecule has 0 bridgehead atoms. The van der Waals surface area contributed by atoms with Crippen LogP contribution < -0.4 is 27.4 Å². The van der Waals surface area contributed by atoms with Crippen molar-refractivity contribution in [3.8, 4) is 5.75 Å². The van der Waals surface area contributed by atoms with Crippen LogP contribution in [0.2, 0.25) is 0 Å². The number of nitrogens with one attached hydrogen (secondary N) is 4. The fourth-order valence-electron chi connectivity index (χ4n) is 3.55. The molecule has 4 unspecified atom stereocenters. The Kier molecular flexibility index (Phi) is 12.2. The van der Waals surface area contributed by atoms with Gasteiger partial charge in [-0.3, -0.25) is 14.4 Å². The Hall–Kier alpha value is -4.01. The molecule has 14 heteroatoms. The maximum absolute atomic E-state index is 13.1. The summed E-state index contributed by atoms with van der Waals surface area (Å²) in [5.74, 6) is -3.61. The van der Waals surface area contributed by atoms with Crippen molar-refractivity contribution in [1.29, 1.82) is 0 Å². The topological polar surface area (TPSA) is 246 Å². The number of benzene rings is 1. The number of carbonyl (C=O) groups excluding carboxylic acids is 3. The number of aliphatic hydroxyl groups excluding tert-OH is 1. The van der Waals surface area contributed by atoms with Crippen molar-refractivity contribution in [2.24, 2.45) is 11.5 Å². The molecule has 0 aliphatic carbocycles. The van der Waals surface area contributed by atoms with Gasteiger partial charge in [-0.2, -0.15) is 0 Å². The van der Waals surface area contributed by atoms with Crippen molar-refractivity contribution in [2.45, 2.75) is 56.3 Å². The fraction of sp³-hybridized carbons (Fsp3) is 0.458. The van der Waals surface area contributed by atoms with E-state index in [1.54, 1.807) is 0 Å². The number of nitrogens with zero attached hydrogens (tertiary/aromatic N) is 1. The zero-order chi connectivity index (χ0) is 28.1. The van der Waals surface area contributed by atoms with Gasteiger partial charge in [-0.1, -0.05) is 18.6 Å². The molecule has 0 radical (unpaired) electrons. The lowest BCUT2D eigenvalue weighted by molar-refractivity contribution is -0.142. The molecule has 2 rings (SSSR count). The summed E-state index contributed by atoms with van der Waals surface area (Å²) in [6, 6.07) is 0.917. The molecule has 4 atom stereocenters. The Bertz CT molecular complexity index is 1050. The average molecular weight is 534 g/mol. The molecular weight excluding hydrogens is 498 g/mol. The highest BCUT2D eigenvalue weighted by molar-refractivity contribution is 5.94. The predicted molar refractivity (Wildman–Crippen MR) is 135 cm³/mol. The predicted octanol–water partition coefficient (Wildman–Crippen LogP) is -2.11. The van der Waals surface area contributed by atoms with E-state index in [4.69, 9.17) is 11.5 Å². The molecule has 1 aromatic heterocycles. The zero-order valence-corrected chi connectivity index (χ0v) is 20.8. The number of carboxylic acids is 1. The summed E-state index contributed by atoms with van der Waals surface area (Å²) in [7, 11) is 0. The molecule has 0 saturated carbocycles.